The molecule has 0 fully saturated rings. The van der Waals surface area contributed by atoms with Crippen molar-refractivity contribution >= 4 is 11.8 Å². The second-order valence-electron chi connectivity index (χ2n) is 5.69. The fourth-order valence-electron chi connectivity index (χ4n) is 2.58. The minimum atomic E-state index is -0.462. The van der Waals surface area contributed by atoms with Crippen molar-refractivity contribution in [3.63, 3.8) is 0 Å². The summed E-state index contributed by atoms with van der Waals surface area (Å²) in [5.41, 5.74) is 1.07. The number of carbonyl (C=O) groups excluding carboxylic acids is 2. The summed E-state index contributed by atoms with van der Waals surface area (Å²) in [4.78, 5) is 24.5. The van der Waals surface area contributed by atoms with E-state index in [1.807, 2.05) is 6.07 Å². The van der Waals surface area contributed by atoms with Crippen molar-refractivity contribution in [2.24, 2.45) is 0 Å². The summed E-state index contributed by atoms with van der Waals surface area (Å²) in [7, 11) is 6.02. The number of hydrogen-bond donors (Lipinski definition) is 2. The van der Waals surface area contributed by atoms with E-state index in [-0.39, 0.29) is 24.6 Å². The van der Waals surface area contributed by atoms with Crippen LogP contribution in [0.1, 0.15) is 15.9 Å². The van der Waals surface area contributed by atoms with Crippen LogP contribution >= 0.6 is 0 Å². The molecule has 8 heteroatoms. The SMILES string of the molecule is COc1ccc(CNC(=O)CNC(=O)c2c(OC)cccc2OC)cc1OC. The molecule has 28 heavy (non-hydrogen) atoms. The summed E-state index contributed by atoms with van der Waals surface area (Å²) < 4.78 is 20.8. The number of methoxy groups -OCH3 is 4. The standard InChI is InChI=1S/C20H24N2O6/c1-25-14-9-8-13(10-17(14)28-4)11-21-18(23)12-22-20(24)19-15(26-2)6-5-7-16(19)27-3/h5-10H,11-12H2,1-4H3,(H,21,23)(H,22,24). The maximum Gasteiger partial charge on any atom is 0.259 e. The number of rotatable bonds is 9. The summed E-state index contributed by atoms with van der Waals surface area (Å²) in [5, 5.41) is 5.31. The second kappa shape index (κ2) is 10.1. The van der Waals surface area contributed by atoms with Crippen LogP contribution < -0.4 is 29.6 Å². The molecule has 0 aliphatic rings. The smallest absolute Gasteiger partial charge is 0.259 e. The van der Waals surface area contributed by atoms with Gasteiger partial charge in [-0.3, -0.25) is 9.59 Å². The van der Waals surface area contributed by atoms with Gasteiger partial charge in [0.25, 0.3) is 5.91 Å². The summed E-state index contributed by atoms with van der Waals surface area (Å²) in [6.45, 7) is 0.0976. The topological polar surface area (TPSA) is 95.1 Å². The Kier molecular flexibility index (Phi) is 7.50. The van der Waals surface area contributed by atoms with Gasteiger partial charge in [0, 0.05) is 6.54 Å². The van der Waals surface area contributed by atoms with Crippen LogP contribution in [0.5, 0.6) is 23.0 Å². The fraction of sp³-hybridized carbons (Fsp3) is 0.300. The highest BCUT2D eigenvalue weighted by Crippen LogP contribution is 2.28. The quantitative estimate of drug-likeness (QED) is 0.680. The third-order valence-electron chi connectivity index (χ3n) is 4.00. The van der Waals surface area contributed by atoms with Crippen molar-refractivity contribution in [3.05, 3.63) is 47.5 Å². The lowest BCUT2D eigenvalue weighted by Gasteiger charge is -2.13. The molecule has 0 aliphatic heterocycles. The van der Waals surface area contributed by atoms with Gasteiger partial charge in [-0.1, -0.05) is 12.1 Å². The van der Waals surface area contributed by atoms with Crippen LogP contribution in [-0.4, -0.2) is 46.8 Å². The average Bonchev–Trinajstić information content (AvgIpc) is 2.74. The lowest BCUT2D eigenvalue weighted by atomic mass is 10.1. The molecule has 2 rings (SSSR count). The van der Waals surface area contributed by atoms with E-state index in [0.29, 0.717) is 23.0 Å². The lowest BCUT2D eigenvalue weighted by Crippen LogP contribution is -2.36. The van der Waals surface area contributed by atoms with Gasteiger partial charge in [0.15, 0.2) is 11.5 Å². The van der Waals surface area contributed by atoms with Gasteiger partial charge in [-0.2, -0.15) is 0 Å². The lowest BCUT2D eigenvalue weighted by molar-refractivity contribution is -0.120. The average molecular weight is 388 g/mol. The Hall–Kier alpha value is -3.42. The highest BCUT2D eigenvalue weighted by Gasteiger charge is 2.18. The van der Waals surface area contributed by atoms with Crippen LogP contribution in [0.4, 0.5) is 0 Å². The first-order chi connectivity index (χ1) is 13.5. The van der Waals surface area contributed by atoms with Gasteiger partial charge in [0.1, 0.15) is 17.1 Å². The third-order valence-corrected chi connectivity index (χ3v) is 4.00. The van der Waals surface area contributed by atoms with E-state index in [2.05, 4.69) is 10.6 Å². The highest BCUT2D eigenvalue weighted by atomic mass is 16.5. The summed E-state index contributed by atoms with van der Waals surface area (Å²) in [6, 6.07) is 10.4. The first-order valence-electron chi connectivity index (χ1n) is 8.50. The van der Waals surface area contributed by atoms with E-state index in [0.717, 1.165) is 5.56 Å². The second-order valence-corrected chi connectivity index (χ2v) is 5.69. The largest absolute Gasteiger partial charge is 0.496 e. The predicted molar refractivity (Wildman–Crippen MR) is 103 cm³/mol. The zero-order valence-corrected chi connectivity index (χ0v) is 16.3. The molecular weight excluding hydrogens is 364 g/mol. The van der Waals surface area contributed by atoms with Crippen molar-refractivity contribution in [1.82, 2.24) is 10.6 Å². The predicted octanol–water partition coefficient (Wildman–Crippen LogP) is 1.77. The number of benzene rings is 2. The first kappa shape index (κ1) is 20.9. The molecule has 0 saturated carbocycles. The molecular formula is C20H24N2O6. The zero-order chi connectivity index (χ0) is 20.5. The summed E-state index contributed by atoms with van der Waals surface area (Å²) >= 11 is 0. The normalized spacial score (nSPS) is 10.0. The fourth-order valence-corrected chi connectivity index (χ4v) is 2.58. The van der Waals surface area contributed by atoms with Crippen molar-refractivity contribution in [2.45, 2.75) is 6.54 Å². The van der Waals surface area contributed by atoms with Crippen LogP contribution in [-0.2, 0) is 11.3 Å². The molecule has 2 aromatic carbocycles. The van der Waals surface area contributed by atoms with E-state index >= 15 is 0 Å². The van der Waals surface area contributed by atoms with Gasteiger partial charge >= 0.3 is 0 Å². The maximum absolute atomic E-state index is 12.5. The number of carbonyl (C=O) groups is 2. The number of amides is 2. The Balaban J connectivity index is 1.94. The molecule has 0 heterocycles. The van der Waals surface area contributed by atoms with Gasteiger partial charge in [-0.25, -0.2) is 0 Å². The van der Waals surface area contributed by atoms with Crippen molar-refractivity contribution in [2.75, 3.05) is 35.0 Å². The van der Waals surface area contributed by atoms with Crippen molar-refractivity contribution in [1.29, 1.82) is 0 Å². The van der Waals surface area contributed by atoms with E-state index in [9.17, 15) is 9.59 Å². The molecule has 2 aromatic rings. The first-order valence-corrected chi connectivity index (χ1v) is 8.50. The van der Waals surface area contributed by atoms with Gasteiger partial charge in [0.2, 0.25) is 5.91 Å². The molecule has 0 unspecified atom stereocenters. The molecule has 2 N–H and O–H groups in total. The molecule has 2 amide bonds. The number of hydrogen-bond acceptors (Lipinski definition) is 6. The Morgan fingerprint density at radius 1 is 0.786 bits per heavy atom. The minimum absolute atomic E-state index is 0.187. The monoisotopic (exact) mass is 388 g/mol. The van der Waals surface area contributed by atoms with E-state index in [1.165, 1.54) is 14.2 Å². The third kappa shape index (κ3) is 5.06. The molecule has 0 aliphatic carbocycles. The zero-order valence-electron chi connectivity index (χ0n) is 16.3. The van der Waals surface area contributed by atoms with Gasteiger partial charge in [-0.15, -0.1) is 0 Å². The van der Waals surface area contributed by atoms with Gasteiger partial charge < -0.3 is 29.6 Å². The molecule has 0 saturated heterocycles. The van der Waals surface area contributed by atoms with Gasteiger partial charge in [-0.05, 0) is 29.8 Å². The Bertz CT molecular complexity index is 815. The molecule has 0 bridgehead atoms. The van der Waals surface area contributed by atoms with E-state index < -0.39 is 5.91 Å². The Labute approximate surface area is 163 Å². The maximum atomic E-state index is 12.5. The van der Waals surface area contributed by atoms with Crippen LogP contribution in [0.25, 0.3) is 0 Å². The molecule has 0 atom stereocenters. The van der Waals surface area contributed by atoms with Crippen molar-refractivity contribution < 1.29 is 28.5 Å². The van der Waals surface area contributed by atoms with Crippen LogP contribution in [0.3, 0.4) is 0 Å². The highest BCUT2D eigenvalue weighted by molar-refractivity contribution is 6.01. The van der Waals surface area contributed by atoms with Crippen molar-refractivity contribution in [3.8, 4) is 23.0 Å². The number of ether oxygens (including phenoxy) is 4. The summed E-state index contributed by atoms with van der Waals surface area (Å²) in [6.07, 6.45) is 0. The summed E-state index contributed by atoms with van der Waals surface area (Å²) in [5.74, 6) is 1.11. The minimum Gasteiger partial charge on any atom is -0.496 e. The molecule has 150 valence electrons. The van der Waals surface area contributed by atoms with Gasteiger partial charge in [0.05, 0.1) is 35.0 Å². The molecule has 8 nitrogen and oxygen atoms in total. The van der Waals surface area contributed by atoms with E-state index in [4.69, 9.17) is 18.9 Å². The Morgan fingerprint density at radius 3 is 1.96 bits per heavy atom. The number of nitrogens with one attached hydrogen (secondary N) is 2. The van der Waals surface area contributed by atoms with Crippen LogP contribution in [0.15, 0.2) is 36.4 Å². The van der Waals surface area contributed by atoms with Crippen LogP contribution in [0.2, 0.25) is 0 Å². The molecule has 0 radical (unpaired) electrons. The van der Waals surface area contributed by atoms with E-state index in [1.54, 1.807) is 44.6 Å². The Morgan fingerprint density at radius 2 is 1.39 bits per heavy atom. The molecule has 0 spiro atoms. The molecule has 0 aromatic heterocycles. The van der Waals surface area contributed by atoms with Crippen LogP contribution in [0, 0.1) is 0 Å².